The van der Waals surface area contributed by atoms with Crippen LogP contribution in [0.25, 0.3) is 0 Å². The lowest BCUT2D eigenvalue weighted by Crippen LogP contribution is -2.20. The third-order valence-corrected chi connectivity index (χ3v) is 4.36. The number of benzene rings is 1. The van der Waals surface area contributed by atoms with E-state index in [1.54, 1.807) is 30.0 Å². The third-order valence-electron chi connectivity index (χ3n) is 2.88. The number of anilines is 1. The van der Waals surface area contributed by atoms with Crippen molar-refractivity contribution >= 4 is 23.4 Å². The van der Waals surface area contributed by atoms with Crippen LogP contribution in [0.1, 0.15) is 13.3 Å². The molecule has 5 heteroatoms. The molecule has 98 valence electrons. The first-order valence-corrected chi connectivity index (χ1v) is 6.99. The van der Waals surface area contributed by atoms with Gasteiger partial charge in [-0.15, -0.1) is 11.8 Å². The standard InChI is InChI=1S/C13H16FNO2S/c1-9-12(6-7-17-9)18-8-13(16)15-11-5-3-2-4-10(11)14/h2-5,9,12H,6-8H2,1H3,(H,15,16)/t9-,12+/m0/s1. The van der Waals surface area contributed by atoms with E-state index in [1.165, 1.54) is 6.07 Å². The summed E-state index contributed by atoms with van der Waals surface area (Å²) in [5, 5.41) is 2.93. The van der Waals surface area contributed by atoms with E-state index in [1.807, 2.05) is 6.92 Å². The summed E-state index contributed by atoms with van der Waals surface area (Å²) in [6.07, 6.45) is 1.16. The zero-order valence-corrected chi connectivity index (χ0v) is 11.0. The van der Waals surface area contributed by atoms with Gasteiger partial charge in [-0.25, -0.2) is 4.39 Å². The van der Waals surface area contributed by atoms with Crippen LogP contribution >= 0.6 is 11.8 Å². The zero-order chi connectivity index (χ0) is 13.0. The molecule has 0 aromatic heterocycles. The van der Waals surface area contributed by atoms with Crippen molar-refractivity contribution in [3.05, 3.63) is 30.1 Å². The minimum absolute atomic E-state index is 0.177. The molecule has 1 aromatic rings. The van der Waals surface area contributed by atoms with Gasteiger partial charge in [-0.1, -0.05) is 12.1 Å². The number of hydrogen-bond donors (Lipinski definition) is 1. The first-order valence-electron chi connectivity index (χ1n) is 5.94. The van der Waals surface area contributed by atoms with Crippen LogP contribution in [0.15, 0.2) is 24.3 Å². The van der Waals surface area contributed by atoms with Crippen molar-refractivity contribution in [1.82, 2.24) is 0 Å². The first-order chi connectivity index (χ1) is 8.66. The van der Waals surface area contributed by atoms with Crippen LogP contribution in [0.5, 0.6) is 0 Å². The summed E-state index contributed by atoms with van der Waals surface area (Å²) in [7, 11) is 0. The number of carbonyl (C=O) groups is 1. The summed E-state index contributed by atoms with van der Waals surface area (Å²) < 4.78 is 18.7. The number of para-hydroxylation sites is 1. The van der Waals surface area contributed by atoms with Crippen molar-refractivity contribution in [2.45, 2.75) is 24.7 Å². The Morgan fingerprint density at radius 3 is 3.00 bits per heavy atom. The summed E-state index contributed by atoms with van der Waals surface area (Å²) in [6, 6.07) is 6.17. The highest BCUT2D eigenvalue weighted by atomic mass is 32.2. The summed E-state index contributed by atoms with van der Waals surface area (Å²) in [5.74, 6) is -0.259. The molecule has 18 heavy (non-hydrogen) atoms. The van der Waals surface area contributed by atoms with Crippen molar-refractivity contribution in [1.29, 1.82) is 0 Å². The molecule has 0 saturated carbocycles. The molecule has 1 N–H and O–H groups in total. The second kappa shape index (κ2) is 6.20. The molecule has 1 saturated heterocycles. The average molecular weight is 269 g/mol. The summed E-state index contributed by atoms with van der Waals surface area (Å²) in [6.45, 7) is 2.77. The molecule has 1 aliphatic rings. The molecular formula is C13H16FNO2S. The Hall–Kier alpha value is -1.07. The normalized spacial score (nSPS) is 23.0. The highest BCUT2D eigenvalue weighted by Crippen LogP contribution is 2.26. The van der Waals surface area contributed by atoms with E-state index in [0.29, 0.717) is 11.0 Å². The fourth-order valence-corrected chi connectivity index (χ4v) is 2.91. The molecule has 0 unspecified atom stereocenters. The maximum atomic E-state index is 13.3. The Kier molecular flexibility index (Phi) is 4.60. The molecule has 0 aliphatic carbocycles. The van der Waals surface area contributed by atoms with Crippen LogP contribution in [-0.4, -0.2) is 29.6 Å². The van der Waals surface area contributed by atoms with Crippen LogP contribution in [0.4, 0.5) is 10.1 Å². The van der Waals surface area contributed by atoms with Crippen LogP contribution < -0.4 is 5.32 Å². The fourth-order valence-electron chi connectivity index (χ4n) is 1.86. The van der Waals surface area contributed by atoms with Gasteiger partial charge < -0.3 is 10.1 Å². The van der Waals surface area contributed by atoms with Gasteiger partial charge in [0.25, 0.3) is 0 Å². The second-order valence-corrected chi connectivity index (χ2v) is 5.47. The number of halogens is 1. The number of ether oxygens (including phenoxy) is 1. The van der Waals surface area contributed by atoms with Crippen molar-refractivity contribution in [3.63, 3.8) is 0 Å². The average Bonchev–Trinajstić information content (AvgIpc) is 2.75. The molecule has 1 fully saturated rings. The molecule has 0 spiro atoms. The highest BCUT2D eigenvalue weighted by molar-refractivity contribution is 8.00. The van der Waals surface area contributed by atoms with Crippen LogP contribution in [0, 0.1) is 5.82 Å². The van der Waals surface area contributed by atoms with E-state index >= 15 is 0 Å². The van der Waals surface area contributed by atoms with Crippen molar-refractivity contribution in [2.75, 3.05) is 17.7 Å². The Balaban J connectivity index is 1.80. The highest BCUT2D eigenvalue weighted by Gasteiger charge is 2.25. The number of carbonyl (C=O) groups excluding carboxylic acids is 1. The molecule has 2 atom stereocenters. The molecule has 2 rings (SSSR count). The van der Waals surface area contributed by atoms with E-state index in [9.17, 15) is 9.18 Å². The quantitative estimate of drug-likeness (QED) is 0.913. The first kappa shape index (κ1) is 13.4. The number of thioether (sulfide) groups is 1. The Labute approximate surface area is 110 Å². The van der Waals surface area contributed by atoms with Gasteiger partial charge in [0.15, 0.2) is 0 Å². The van der Waals surface area contributed by atoms with E-state index in [-0.39, 0.29) is 17.7 Å². The van der Waals surface area contributed by atoms with Gasteiger partial charge in [0.2, 0.25) is 5.91 Å². The van der Waals surface area contributed by atoms with Crippen LogP contribution in [-0.2, 0) is 9.53 Å². The largest absolute Gasteiger partial charge is 0.377 e. The van der Waals surface area contributed by atoms with Gasteiger partial charge in [-0.05, 0) is 25.5 Å². The molecule has 1 heterocycles. The van der Waals surface area contributed by atoms with E-state index in [4.69, 9.17) is 4.74 Å². The van der Waals surface area contributed by atoms with Crippen molar-refractivity contribution < 1.29 is 13.9 Å². The fraction of sp³-hybridized carbons (Fsp3) is 0.462. The zero-order valence-electron chi connectivity index (χ0n) is 10.2. The number of rotatable bonds is 4. The monoisotopic (exact) mass is 269 g/mol. The van der Waals surface area contributed by atoms with Gasteiger partial charge in [0, 0.05) is 11.9 Å². The maximum Gasteiger partial charge on any atom is 0.234 e. The lowest BCUT2D eigenvalue weighted by molar-refractivity contribution is -0.113. The summed E-state index contributed by atoms with van der Waals surface area (Å²) in [5.41, 5.74) is 0.235. The topological polar surface area (TPSA) is 38.3 Å². The SMILES string of the molecule is C[C@@H]1OCC[C@H]1SCC(=O)Nc1ccccc1F. The molecule has 0 radical (unpaired) electrons. The molecular weight excluding hydrogens is 253 g/mol. The van der Waals surface area contributed by atoms with Gasteiger partial charge in [0.05, 0.1) is 17.5 Å². The van der Waals surface area contributed by atoms with E-state index in [0.717, 1.165) is 13.0 Å². The minimum Gasteiger partial charge on any atom is -0.377 e. The third kappa shape index (κ3) is 3.46. The Morgan fingerprint density at radius 1 is 1.56 bits per heavy atom. The second-order valence-electron chi connectivity index (χ2n) is 4.24. The van der Waals surface area contributed by atoms with E-state index in [2.05, 4.69) is 5.32 Å². The Bertz CT molecular complexity index is 427. The maximum absolute atomic E-state index is 13.3. The van der Waals surface area contributed by atoms with Crippen LogP contribution in [0.2, 0.25) is 0 Å². The smallest absolute Gasteiger partial charge is 0.234 e. The lowest BCUT2D eigenvalue weighted by Gasteiger charge is -2.13. The predicted octanol–water partition coefficient (Wildman–Crippen LogP) is 2.67. The predicted molar refractivity (Wildman–Crippen MR) is 71.3 cm³/mol. The van der Waals surface area contributed by atoms with Gasteiger partial charge in [-0.2, -0.15) is 0 Å². The van der Waals surface area contributed by atoms with Crippen molar-refractivity contribution in [3.8, 4) is 0 Å². The number of amides is 1. The molecule has 1 aromatic carbocycles. The van der Waals surface area contributed by atoms with Gasteiger partial charge >= 0.3 is 0 Å². The van der Waals surface area contributed by atoms with Gasteiger partial charge in [0.1, 0.15) is 5.82 Å². The van der Waals surface area contributed by atoms with Gasteiger partial charge in [-0.3, -0.25) is 4.79 Å². The Morgan fingerprint density at radius 2 is 2.33 bits per heavy atom. The summed E-state index contributed by atoms with van der Waals surface area (Å²) in [4.78, 5) is 11.7. The molecule has 0 bridgehead atoms. The van der Waals surface area contributed by atoms with Crippen LogP contribution in [0.3, 0.4) is 0 Å². The molecule has 3 nitrogen and oxygen atoms in total. The molecule has 1 aliphatic heterocycles. The summed E-state index contributed by atoms with van der Waals surface area (Å²) >= 11 is 1.57. The lowest BCUT2D eigenvalue weighted by atomic mass is 10.3. The number of hydrogen-bond acceptors (Lipinski definition) is 3. The minimum atomic E-state index is -0.409. The number of nitrogens with one attached hydrogen (secondary N) is 1. The van der Waals surface area contributed by atoms with Crippen molar-refractivity contribution in [2.24, 2.45) is 0 Å². The molecule has 1 amide bonds. The van der Waals surface area contributed by atoms with E-state index < -0.39 is 5.82 Å².